The monoisotopic (exact) mass is 440 g/mol. The molecule has 0 N–H and O–H groups in total. The maximum Gasteiger partial charge on any atom is 0.134 e. The van der Waals surface area contributed by atoms with Crippen molar-refractivity contribution in [2.24, 2.45) is 4.99 Å². The van der Waals surface area contributed by atoms with Crippen LogP contribution in [0.5, 0.6) is 5.75 Å². The van der Waals surface area contributed by atoms with Crippen LogP contribution in [0.1, 0.15) is 40.0 Å². The Morgan fingerprint density at radius 3 is 2.76 bits per heavy atom. The van der Waals surface area contributed by atoms with Gasteiger partial charge in [-0.15, -0.1) is 11.3 Å². The van der Waals surface area contributed by atoms with E-state index in [1.165, 1.54) is 16.9 Å². The Hall–Kier alpha value is -2.32. The summed E-state index contributed by atoms with van der Waals surface area (Å²) in [5.74, 6) is 0.679. The summed E-state index contributed by atoms with van der Waals surface area (Å²) in [6, 6.07) is 15.3. The summed E-state index contributed by atoms with van der Waals surface area (Å²) in [6.45, 7) is 0.389. The van der Waals surface area contributed by atoms with Crippen LogP contribution in [0.15, 0.2) is 47.5 Å². The maximum atomic E-state index is 9.62. The molecule has 6 heteroatoms. The molecule has 0 unspecified atom stereocenters. The number of fused-ring (bicyclic) bond motifs is 1. The van der Waals surface area contributed by atoms with E-state index in [-0.39, 0.29) is 0 Å². The van der Waals surface area contributed by atoms with Gasteiger partial charge in [0.25, 0.3) is 0 Å². The van der Waals surface area contributed by atoms with Gasteiger partial charge in [0, 0.05) is 26.7 Å². The van der Waals surface area contributed by atoms with Gasteiger partial charge in [0.15, 0.2) is 0 Å². The van der Waals surface area contributed by atoms with Crippen molar-refractivity contribution in [3.05, 3.63) is 79.6 Å². The van der Waals surface area contributed by atoms with Gasteiger partial charge in [-0.25, -0.2) is 4.99 Å². The first-order valence-corrected chi connectivity index (χ1v) is 11.0. The van der Waals surface area contributed by atoms with Gasteiger partial charge in [-0.05, 0) is 67.1 Å². The summed E-state index contributed by atoms with van der Waals surface area (Å²) in [5.41, 5.74) is 3.65. The second-order valence-corrected chi connectivity index (χ2v) is 8.82. The molecule has 146 valence electrons. The molecule has 0 saturated carbocycles. The molecule has 3 nitrogen and oxygen atoms in total. The zero-order valence-corrected chi connectivity index (χ0v) is 17.9. The highest BCUT2D eigenvalue weighted by Crippen LogP contribution is 2.39. The van der Waals surface area contributed by atoms with Crippen LogP contribution in [0.2, 0.25) is 10.0 Å². The van der Waals surface area contributed by atoms with E-state index in [4.69, 9.17) is 27.9 Å². The minimum Gasteiger partial charge on any atom is -0.488 e. The van der Waals surface area contributed by atoms with E-state index in [0.29, 0.717) is 28.0 Å². The molecule has 0 atom stereocenters. The molecule has 1 aliphatic rings. The lowest BCUT2D eigenvalue weighted by molar-refractivity contribution is 0.306. The molecule has 29 heavy (non-hydrogen) atoms. The number of nitrogens with zero attached hydrogens (tertiary/aromatic N) is 2. The second kappa shape index (κ2) is 9.00. The van der Waals surface area contributed by atoms with Crippen molar-refractivity contribution in [1.82, 2.24) is 0 Å². The predicted octanol–water partition coefficient (Wildman–Crippen LogP) is 7.13. The molecule has 0 bridgehead atoms. The van der Waals surface area contributed by atoms with Crippen LogP contribution in [0, 0.1) is 11.3 Å². The average molecular weight is 441 g/mol. The Labute approximate surface area is 184 Å². The fourth-order valence-electron chi connectivity index (χ4n) is 3.43. The van der Waals surface area contributed by atoms with E-state index < -0.39 is 0 Å². The van der Waals surface area contributed by atoms with Crippen LogP contribution in [-0.2, 0) is 19.4 Å². The molecule has 0 spiro atoms. The van der Waals surface area contributed by atoms with Gasteiger partial charge in [0.1, 0.15) is 23.4 Å². The maximum absolute atomic E-state index is 9.62. The fraction of sp³-hybridized carbons (Fsp3) is 0.217. The van der Waals surface area contributed by atoms with Gasteiger partial charge in [-0.3, -0.25) is 0 Å². The number of hydrogen-bond acceptors (Lipinski definition) is 4. The lowest BCUT2D eigenvalue weighted by Crippen LogP contribution is -1.99. The molecule has 0 saturated heterocycles. The van der Waals surface area contributed by atoms with Gasteiger partial charge < -0.3 is 4.74 Å². The Morgan fingerprint density at radius 1 is 1.10 bits per heavy atom. The van der Waals surface area contributed by atoms with E-state index in [0.717, 1.165) is 35.4 Å². The summed E-state index contributed by atoms with van der Waals surface area (Å²) in [5, 5.41) is 11.7. The number of benzene rings is 2. The van der Waals surface area contributed by atoms with Crippen LogP contribution in [0.25, 0.3) is 0 Å². The Balaban J connectivity index is 1.59. The largest absolute Gasteiger partial charge is 0.488 e. The van der Waals surface area contributed by atoms with Crippen LogP contribution in [0.4, 0.5) is 5.00 Å². The van der Waals surface area contributed by atoms with Crippen molar-refractivity contribution in [2.75, 3.05) is 0 Å². The smallest absolute Gasteiger partial charge is 0.134 e. The number of ether oxygens (including phenoxy) is 1. The van der Waals surface area contributed by atoms with Crippen LogP contribution < -0.4 is 4.74 Å². The molecular formula is C23H18Cl2N2OS. The summed E-state index contributed by atoms with van der Waals surface area (Å²) in [4.78, 5) is 5.93. The first-order valence-electron chi connectivity index (χ1n) is 9.39. The third kappa shape index (κ3) is 4.64. The van der Waals surface area contributed by atoms with E-state index in [1.54, 1.807) is 23.6 Å². The highest BCUT2D eigenvalue weighted by Gasteiger charge is 2.20. The van der Waals surface area contributed by atoms with E-state index >= 15 is 0 Å². The second-order valence-electron chi connectivity index (χ2n) is 6.86. The number of aryl methyl sites for hydroxylation is 1. The number of aliphatic imine (C=N–C) groups is 1. The number of nitriles is 1. The van der Waals surface area contributed by atoms with Gasteiger partial charge in [0.2, 0.25) is 0 Å². The van der Waals surface area contributed by atoms with E-state index in [2.05, 4.69) is 11.1 Å². The first kappa shape index (κ1) is 20.0. The molecule has 3 aromatic rings. The Kier molecular flexibility index (Phi) is 6.20. The van der Waals surface area contributed by atoms with E-state index in [1.807, 2.05) is 36.4 Å². The summed E-state index contributed by atoms with van der Waals surface area (Å²) >= 11 is 13.9. The molecule has 0 aliphatic heterocycles. The molecule has 1 heterocycles. The molecule has 0 fully saturated rings. The zero-order chi connectivity index (χ0) is 20.2. The standard InChI is InChI=1S/C23H18Cl2N2OS/c24-17-5-3-4-15(10-17)14-28-21-9-8-18(25)11-16(21)13-27-23-20(12-26)19-6-1-2-7-22(19)29-23/h3-5,8-11,13H,1-2,6-7,14H2. The molecule has 1 aliphatic carbocycles. The molecule has 0 amide bonds. The van der Waals surface area contributed by atoms with E-state index in [9.17, 15) is 5.26 Å². The van der Waals surface area contributed by atoms with Crippen LogP contribution in [-0.4, -0.2) is 6.21 Å². The minimum absolute atomic E-state index is 0.389. The minimum atomic E-state index is 0.389. The van der Waals surface area contributed by atoms with Gasteiger partial charge in [0.05, 0.1) is 5.56 Å². The SMILES string of the molecule is N#Cc1c(N=Cc2cc(Cl)ccc2OCc2cccc(Cl)c2)sc2c1CCCC2. The summed E-state index contributed by atoms with van der Waals surface area (Å²) < 4.78 is 5.99. The van der Waals surface area contributed by atoms with Gasteiger partial charge >= 0.3 is 0 Å². The first-order chi connectivity index (χ1) is 14.1. The van der Waals surface area contributed by atoms with Crippen molar-refractivity contribution in [1.29, 1.82) is 5.26 Å². The number of rotatable bonds is 5. The van der Waals surface area contributed by atoms with Crippen LogP contribution >= 0.6 is 34.5 Å². The van der Waals surface area contributed by atoms with Crippen molar-refractivity contribution in [3.63, 3.8) is 0 Å². The fourth-order valence-corrected chi connectivity index (χ4v) is 5.00. The number of halogens is 2. The molecule has 4 rings (SSSR count). The quantitative estimate of drug-likeness (QED) is 0.395. The zero-order valence-electron chi connectivity index (χ0n) is 15.6. The molecule has 0 radical (unpaired) electrons. The van der Waals surface area contributed by atoms with Crippen molar-refractivity contribution in [3.8, 4) is 11.8 Å². The third-order valence-corrected chi connectivity index (χ3v) is 6.51. The van der Waals surface area contributed by atoms with Gasteiger partial charge in [-0.2, -0.15) is 5.26 Å². The van der Waals surface area contributed by atoms with Crippen molar-refractivity contribution in [2.45, 2.75) is 32.3 Å². The normalized spacial score (nSPS) is 13.3. The lowest BCUT2D eigenvalue weighted by atomic mass is 9.96. The third-order valence-electron chi connectivity index (χ3n) is 4.84. The van der Waals surface area contributed by atoms with Crippen LogP contribution in [0.3, 0.4) is 0 Å². The Morgan fingerprint density at radius 2 is 1.93 bits per heavy atom. The molecule has 1 aromatic heterocycles. The predicted molar refractivity (Wildman–Crippen MR) is 120 cm³/mol. The molecular weight excluding hydrogens is 423 g/mol. The topological polar surface area (TPSA) is 45.4 Å². The lowest BCUT2D eigenvalue weighted by Gasteiger charge is -2.10. The van der Waals surface area contributed by atoms with Crippen molar-refractivity contribution >= 4 is 45.8 Å². The average Bonchev–Trinajstić information content (AvgIpc) is 3.09. The highest BCUT2D eigenvalue weighted by atomic mass is 35.5. The summed E-state index contributed by atoms with van der Waals surface area (Å²) in [6.07, 6.45) is 6.05. The molecule has 2 aromatic carbocycles. The number of hydrogen-bond donors (Lipinski definition) is 0. The highest BCUT2D eigenvalue weighted by molar-refractivity contribution is 7.16. The summed E-state index contributed by atoms with van der Waals surface area (Å²) in [7, 11) is 0. The van der Waals surface area contributed by atoms with Gasteiger partial charge in [-0.1, -0.05) is 35.3 Å². The Bertz CT molecular complexity index is 1110. The van der Waals surface area contributed by atoms with Crippen molar-refractivity contribution < 1.29 is 4.74 Å². The number of thiophene rings is 1.